The summed E-state index contributed by atoms with van der Waals surface area (Å²) in [6.07, 6.45) is 3.32. The van der Waals surface area contributed by atoms with Gasteiger partial charge >= 0.3 is 0 Å². The van der Waals surface area contributed by atoms with Crippen molar-refractivity contribution in [1.82, 2.24) is 29.1 Å². The van der Waals surface area contributed by atoms with Crippen LogP contribution in [0, 0.1) is 0 Å². The number of hydrogen-bond donors (Lipinski definition) is 0. The fourth-order valence-corrected chi connectivity index (χ4v) is 5.54. The van der Waals surface area contributed by atoms with Crippen molar-refractivity contribution >= 4 is 21.8 Å². The Morgan fingerprint density at radius 2 is 1.84 bits per heavy atom. The SMILES string of the molecule is CCN(CC)S(=O)(=O)c1ccc(C(=O)N2CC(n3cc(CN4CCCC4=O)nn3)C2)cc1. The van der Waals surface area contributed by atoms with E-state index in [1.807, 2.05) is 6.20 Å². The molecule has 0 unspecified atom stereocenters. The van der Waals surface area contributed by atoms with E-state index in [0.29, 0.717) is 44.7 Å². The molecule has 1 aromatic heterocycles. The maximum Gasteiger partial charge on any atom is 0.254 e. The van der Waals surface area contributed by atoms with Crippen molar-refractivity contribution < 1.29 is 18.0 Å². The highest BCUT2D eigenvalue weighted by Gasteiger charge is 2.34. The number of rotatable bonds is 8. The van der Waals surface area contributed by atoms with Crippen LogP contribution in [0.5, 0.6) is 0 Å². The zero-order valence-electron chi connectivity index (χ0n) is 18.3. The molecule has 2 saturated heterocycles. The van der Waals surface area contributed by atoms with Gasteiger partial charge in [-0.25, -0.2) is 13.1 Å². The van der Waals surface area contributed by atoms with Gasteiger partial charge in [0.05, 0.1) is 23.7 Å². The topological polar surface area (TPSA) is 109 Å². The number of likely N-dealkylation sites (tertiary alicyclic amines) is 2. The second-order valence-electron chi connectivity index (χ2n) is 8.09. The van der Waals surface area contributed by atoms with Crippen molar-refractivity contribution in [3.05, 3.63) is 41.7 Å². The first kappa shape index (κ1) is 22.4. The summed E-state index contributed by atoms with van der Waals surface area (Å²) in [5.41, 5.74) is 1.20. The molecule has 3 heterocycles. The Hall–Kier alpha value is -2.79. The monoisotopic (exact) mass is 460 g/mol. The molecule has 2 aliphatic rings. The average molecular weight is 461 g/mol. The van der Waals surface area contributed by atoms with Gasteiger partial charge in [0.1, 0.15) is 5.69 Å². The maximum atomic E-state index is 12.8. The lowest BCUT2D eigenvalue weighted by molar-refractivity contribution is -0.128. The third-order valence-corrected chi connectivity index (χ3v) is 8.11. The Balaban J connectivity index is 1.34. The van der Waals surface area contributed by atoms with Gasteiger partial charge in [0.25, 0.3) is 5.91 Å². The minimum absolute atomic E-state index is 0.0387. The highest BCUT2D eigenvalue weighted by molar-refractivity contribution is 7.89. The lowest BCUT2D eigenvalue weighted by Gasteiger charge is -2.38. The van der Waals surface area contributed by atoms with E-state index >= 15 is 0 Å². The van der Waals surface area contributed by atoms with Crippen LogP contribution in [-0.4, -0.2) is 82.1 Å². The van der Waals surface area contributed by atoms with Crippen LogP contribution in [0.1, 0.15) is 48.8 Å². The average Bonchev–Trinajstić information content (AvgIpc) is 3.37. The number of benzene rings is 1. The summed E-state index contributed by atoms with van der Waals surface area (Å²) < 4.78 is 28.3. The van der Waals surface area contributed by atoms with Gasteiger partial charge in [0.15, 0.2) is 0 Å². The maximum absolute atomic E-state index is 12.8. The smallest absolute Gasteiger partial charge is 0.254 e. The molecule has 0 saturated carbocycles. The molecule has 4 rings (SSSR count). The minimum Gasteiger partial charge on any atom is -0.337 e. The molecule has 10 nitrogen and oxygen atoms in total. The molecule has 1 aromatic carbocycles. The number of nitrogens with zero attached hydrogens (tertiary/aromatic N) is 6. The van der Waals surface area contributed by atoms with Gasteiger partial charge in [-0.1, -0.05) is 19.1 Å². The van der Waals surface area contributed by atoms with E-state index in [2.05, 4.69) is 10.3 Å². The lowest BCUT2D eigenvalue weighted by atomic mass is 10.1. The second kappa shape index (κ2) is 8.99. The molecule has 0 atom stereocenters. The fourth-order valence-electron chi connectivity index (χ4n) is 4.08. The van der Waals surface area contributed by atoms with Crippen molar-refractivity contribution in [2.45, 2.75) is 44.2 Å². The van der Waals surface area contributed by atoms with Crippen molar-refractivity contribution in [2.24, 2.45) is 0 Å². The van der Waals surface area contributed by atoms with E-state index < -0.39 is 10.0 Å². The molecule has 0 bridgehead atoms. The van der Waals surface area contributed by atoms with Crippen LogP contribution < -0.4 is 0 Å². The van der Waals surface area contributed by atoms with Crippen LogP contribution in [0.3, 0.4) is 0 Å². The number of aromatic nitrogens is 3. The molecule has 0 aliphatic carbocycles. The van der Waals surface area contributed by atoms with Gasteiger partial charge in [-0.15, -0.1) is 5.10 Å². The van der Waals surface area contributed by atoms with Gasteiger partial charge in [0, 0.05) is 44.7 Å². The third-order valence-electron chi connectivity index (χ3n) is 6.05. The van der Waals surface area contributed by atoms with Crippen LogP contribution in [0.15, 0.2) is 35.4 Å². The summed E-state index contributed by atoms with van der Waals surface area (Å²) in [5.74, 6) is 0.00641. The van der Waals surface area contributed by atoms with Gasteiger partial charge in [0.2, 0.25) is 15.9 Å². The zero-order valence-corrected chi connectivity index (χ0v) is 19.2. The number of carbonyl (C=O) groups excluding carboxylic acids is 2. The first-order valence-corrected chi connectivity index (χ1v) is 12.4. The van der Waals surface area contributed by atoms with Crippen molar-refractivity contribution in [2.75, 3.05) is 32.7 Å². The Morgan fingerprint density at radius 1 is 1.16 bits per heavy atom. The molecule has 2 fully saturated rings. The lowest BCUT2D eigenvalue weighted by Crippen LogP contribution is -2.50. The highest BCUT2D eigenvalue weighted by atomic mass is 32.2. The number of carbonyl (C=O) groups is 2. The normalized spacial score (nSPS) is 17.3. The molecule has 0 radical (unpaired) electrons. The van der Waals surface area contributed by atoms with Crippen molar-refractivity contribution in [3.8, 4) is 0 Å². The standard InChI is InChI=1S/C21H28N6O4S/c1-3-26(4-2)32(30,31)19-9-7-16(8-10-19)21(29)25-14-18(15-25)27-13-17(22-23-27)12-24-11-5-6-20(24)28/h7-10,13,18H,3-6,11-12,14-15H2,1-2H3. The molecule has 0 spiro atoms. The predicted octanol–water partition coefficient (Wildman–Crippen LogP) is 1.13. The van der Waals surface area contributed by atoms with Gasteiger partial charge in [-0.05, 0) is 30.7 Å². The Morgan fingerprint density at radius 3 is 2.44 bits per heavy atom. The van der Waals surface area contributed by atoms with Gasteiger partial charge in [-0.3, -0.25) is 9.59 Å². The van der Waals surface area contributed by atoms with E-state index in [0.717, 1.165) is 18.7 Å². The fraction of sp³-hybridized carbons (Fsp3) is 0.524. The van der Waals surface area contributed by atoms with E-state index in [9.17, 15) is 18.0 Å². The summed E-state index contributed by atoms with van der Waals surface area (Å²) in [7, 11) is -3.54. The molecule has 2 aliphatic heterocycles. The second-order valence-corrected chi connectivity index (χ2v) is 10.0. The number of hydrogen-bond acceptors (Lipinski definition) is 6. The number of sulfonamides is 1. The summed E-state index contributed by atoms with van der Waals surface area (Å²) in [4.78, 5) is 28.2. The summed E-state index contributed by atoms with van der Waals surface area (Å²) in [6, 6.07) is 6.14. The highest BCUT2D eigenvalue weighted by Crippen LogP contribution is 2.24. The molecule has 32 heavy (non-hydrogen) atoms. The van der Waals surface area contributed by atoms with Crippen LogP contribution in [-0.2, 0) is 21.4 Å². The summed E-state index contributed by atoms with van der Waals surface area (Å²) in [5, 5.41) is 8.32. The largest absolute Gasteiger partial charge is 0.337 e. The summed E-state index contributed by atoms with van der Waals surface area (Å²) in [6.45, 7) is 6.61. The van der Waals surface area contributed by atoms with Crippen LogP contribution in [0.4, 0.5) is 0 Å². The summed E-state index contributed by atoms with van der Waals surface area (Å²) >= 11 is 0. The molecule has 2 aromatic rings. The van der Waals surface area contributed by atoms with Crippen LogP contribution >= 0.6 is 0 Å². The van der Waals surface area contributed by atoms with Gasteiger partial charge in [-0.2, -0.15) is 4.31 Å². The quantitative estimate of drug-likeness (QED) is 0.584. The molecule has 11 heteroatoms. The van der Waals surface area contributed by atoms with E-state index in [-0.39, 0.29) is 22.8 Å². The van der Waals surface area contributed by atoms with Crippen molar-refractivity contribution in [1.29, 1.82) is 0 Å². The van der Waals surface area contributed by atoms with Gasteiger partial charge < -0.3 is 9.80 Å². The Labute approximate surface area is 187 Å². The third kappa shape index (κ3) is 4.26. The molecule has 2 amide bonds. The first-order chi connectivity index (χ1) is 15.3. The number of amides is 2. The van der Waals surface area contributed by atoms with E-state index in [1.165, 1.54) is 16.4 Å². The minimum atomic E-state index is -3.54. The Bertz CT molecular complexity index is 1090. The van der Waals surface area contributed by atoms with E-state index in [4.69, 9.17) is 0 Å². The van der Waals surface area contributed by atoms with Crippen molar-refractivity contribution in [3.63, 3.8) is 0 Å². The predicted molar refractivity (Wildman–Crippen MR) is 116 cm³/mol. The molecule has 172 valence electrons. The Kier molecular flexibility index (Phi) is 6.29. The molecular weight excluding hydrogens is 432 g/mol. The first-order valence-electron chi connectivity index (χ1n) is 10.9. The van der Waals surface area contributed by atoms with Crippen LogP contribution in [0.25, 0.3) is 0 Å². The van der Waals surface area contributed by atoms with E-state index in [1.54, 1.807) is 40.5 Å². The van der Waals surface area contributed by atoms with Crippen LogP contribution in [0.2, 0.25) is 0 Å². The molecular formula is C21H28N6O4S. The molecule has 0 N–H and O–H groups in total. The zero-order chi connectivity index (χ0) is 22.9.